The summed E-state index contributed by atoms with van der Waals surface area (Å²) in [5.41, 5.74) is 3.61. The quantitative estimate of drug-likeness (QED) is 0.0395. The first-order valence-electron chi connectivity index (χ1n) is 20.3. The molecule has 13 heteroatoms. The highest BCUT2D eigenvalue weighted by atomic mass is 16.6. The lowest BCUT2D eigenvalue weighted by atomic mass is 10.1. The number of ether oxygens (including phenoxy) is 5. The summed E-state index contributed by atoms with van der Waals surface area (Å²) in [6.45, 7) is 3.84. The average molecular weight is 832 g/mol. The van der Waals surface area contributed by atoms with E-state index in [9.17, 15) is 24.3 Å². The predicted octanol–water partition coefficient (Wildman–Crippen LogP) is 7.05. The molecule has 5 aromatic rings. The van der Waals surface area contributed by atoms with Gasteiger partial charge in [-0.3, -0.25) is 9.59 Å². The summed E-state index contributed by atoms with van der Waals surface area (Å²) >= 11 is 0. The normalized spacial score (nSPS) is 12.2. The van der Waals surface area contributed by atoms with Crippen LogP contribution in [0.3, 0.4) is 0 Å². The number of carbonyl (C=O) groups is 4. The Balaban J connectivity index is 1.38. The molecule has 0 aromatic heterocycles. The van der Waals surface area contributed by atoms with Crippen LogP contribution in [-0.2, 0) is 45.5 Å². The molecule has 5 rings (SSSR count). The molecule has 0 aliphatic heterocycles. The number of benzene rings is 5. The third kappa shape index (κ3) is 15.0. The van der Waals surface area contributed by atoms with E-state index in [1.54, 1.807) is 6.92 Å². The summed E-state index contributed by atoms with van der Waals surface area (Å²) in [6, 6.07) is 38.4. The van der Waals surface area contributed by atoms with Crippen molar-refractivity contribution in [3.8, 4) is 17.2 Å². The summed E-state index contributed by atoms with van der Waals surface area (Å²) in [6.07, 6.45) is -0.963. The largest absolute Gasteiger partial charge is 0.485 e. The molecule has 4 N–H and O–H groups in total. The van der Waals surface area contributed by atoms with Gasteiger partial charge in [-0.05, 0) is 67.5 Å². The van der Waals surface area contributed by atoms with Crippen molar-refractivity contribution in [2.45, 2.75) is 77.7 Å². The number of carbonyl (C=O) groups excluding carboxylic acids is 4. The van der Waals surface area contributed by atoms with Gasteiger partial charge in [0.05, 0.1) is 12.7 Å². The third-order valence-corrected chi connectivity index (χ3v) is 9.33. The number of aliphatic hydroxyl groups is 1. The van der Waals surface area contributed by atoms with Gasteiger partial charge in [0.1, 0.15) is 32.5 Å². The summed E-state index contributed by atoms with van der Waals surface area (Å²) in [7, 11) is 0. The highest BCUT2D eigenvalue weighted by molar-refractivity contribution is 5.99. The van der Waals surface area contributed by atoms with Gasteiger partial charge in [-0.2, -0.15) is 0 Å². The molecule has 0 heterocycles. The molecule has 0 bridgehead atoms. The van der Waals surface area contributed by atoms with Crippen molar-refractivity contribution in [3.05, 3.63) is 161 Å². The van der Waals surface area contributed by atoms with E-state index in [-0.39, 0.29) is 68.8 Å². The summed E-state index contributed by atoms with van der Waals surface area (Å²) < 4.78 is 29.4. The smallest absolute Gasteiger partial charge is 0.407 e. The van der Waals surface area contributed by atoms with E-state index >= 15 is 0 Å². The molecule has 0 saturated carbocycles. The predicted molar refractivity (Wildman–Crippen MR) is 229 cm³/mol. The first-order valence-corrected chi connectivity index (χ1v) is 20.3. The minimum Gasteiger partial charge on any atom is -0.485 e. The van der Waals surface area contributed by atoms with Crippen LogP contribution in [0.15, 0.2) is 133 Å². The number of hydrogen-bond donors (Lipinski definition) is 4. The third-order valence-electron chi connectivity index (χ3n) is 9.33. The number of esters is 1. The van der Waals surface area contributed by atoms with Gasteiger partial charge < -0.3 is 44.7 Å². The Bertz CT molecular complexity index is 2060. The number of alkyl carbamates (subject to hydrolysis) is 1. The van der Waals surface area contributed by atoms with Crippen molar-refractivity contribution in [1.29, 1.82) is 0 Å². The summed E-state index contributed by atoms with van der Waals surface area (Å²) in [4.78, 5) is 53.1. The molecule has 3 atom stereocenters. The number of rotatable bonds is 23. The van der Waals surface area contributed by atoms with Crippen LogP contribution < -0.4 is 30.2 Å². The summed E-state index contributed by atoms with van der Waals surface area (Å²) in [5, 5.41) is 18.5. The van der Waals surface area contributed by atoms with E-state index in [0.717, 1.165) is 22.3 Å². The maximum absolute atomic E-state index is 14.3. The lowest BCUT2D eigenvalue weighted by Gasteiger charge is -2.24. The van der Waals surface area contributed by atoms with E-state index in [2.05, 4.69) is 16.0 Å². The van der Waals surface area contributed by atoms with Gasteiger partial charge in [0, 0.05) is 12.1 Å². The fourth-order valence-electron chi connectivity index (χ4n) is 6.08. The van der Waals surface area contributed by atoms with Gasteiger partial charge in [0.15, 0.2) is 17.5 Å². The molecule has 0 aliphatic rings. The Morgan fingerprint density at radius 2 is 1.08 bits per heavy atom. The second-order valence-electron chi connectivity index (χ2n) is 14.1. The van der Waals surface area contributed by atoms with Crippen molar-refractivity contribution in [2.24, 2.45) is 0 Å². The van der Waals surface area contributed by atoms with Crippen LogP contribution in [0.5, 0.6) is 17.2 Å². The standard InChI is InChI=1S/C48H53N3O10/c1-3-57-47(55)43(34(2)52)51-46(54)40(26-16-17-27-49-48(56)61-33-38-24-14-7-15-25-38)50-45(53)39-28-41(58-30-35-18-8-4-9-19-35)44(60-32-37-22-12-6-13-23-37)42(29-39)59-31-36-20-10-5-11-21-36/h4-15,18-25,28-29,34,40,43,52H,3,16-17,26-27,30-33H2,1-2H3,(H,49,56)(H,50,53)(H,51,54)/t34-,40+,43+/m0/s1. The molecule has 0 unspecified atom stereocenters. The molecule has 3 amide bonds. The Morgan fingerprint density at radius 1 is 0.607 bits per heavy atom. The Morgan fingerprint density at radius 3 is 1.56 bits per heavy atom. The molecular formula is C48H53N3O10. The molecule has 320 valence electrons. The van der Waals surface area contributed by atoms with Crippen LogP contribution >= 0.6 is 0 Å². The number of hydrogen-bond acceptors (Lipinski definition) is 10. The molecule has 0 saturated heterocycles. The Labute approximate surface area is 356 Å². The SMILES string of the molecule is CCOC(=O)[C@H](NC(=O)[C@@H](CCCCNC(=O)OCc1ccccc1)NC(=O)c1cc(OCc2ccccc2)c(OCc2ccccc2)c(OCc2ccccc2)c1)[C@H](C)O. The lowest BCUT2D eigenvalue weighted by Crippen LogP contribution is -2.55. The van der Waals surface area contributed by atoms with Crippen LogP contribution in [0, 0.1) is 0 Å². The lowest BCUT2D eigenvalue weighted by molar-refractivity contribution is -0.150. The van der Waals surface area contributed by atoms with E-state index in [0.29, 0.717) is 12.8 Å². The van der Waals surface area contributed by atoms with Crippen molar-refractivity contribution in [2.75, 3.05) is 13.2 Å². The fraction of sp³-hybridized carbons (Fsp3) is 0.292. The van der Waals surface area contributed by atoms with Crippen LogP contribution in [0.4, 0.5) is 4.79 Å². The zero-order valence-electron chi connectivity index (χ0n) is 34.4. The van der Waals surface area contributed by atoms with Gasteiger partial charge in [-0.15, -0.1) is 0 Å². The highest BCUT2D eigenvalue weighted by Crippen LogP contribution is 2.40. The van der Waals surface area contributed by atoms with E-state index in [4.69, 9.17) is 23.7 Å². The maximum Gasteiger partial charge on any atom is 0.407 e. The zero-order valence-corrected chi connectivity index (χ0v) is 34.4. The van der Waals surface area contributed by atoms with Crippen molar-refractivity contribution >= 4 is 23.9 Å². The molecule has 0 radical (unpaired) electrons. The number of unbranched alkanes of at least 4 members (excludes halogenated alkanes) is 1. The van der Waals surface area contributed by atoms with Crippen LogP contribution in [0.25, 0.3) is 0 Å². The minimum atomic E-state index is -1.38. The molecule has 5 aromatic carbocycles. The second kappa shape index (κ2) is 24.3. The topological polar surface area (TPSA) is 171 Å². The van der Waals surface area contributed by atoms with Crippen LogP contribution in [0.2, 0.25) is 0 Å². The van der Waals surface area contributed by atoms with Crippen molar-refractivity contribution in [1.82, 2.24) is 16.0 Å². The molecule has 61 heavy (non-hydrogen) atoms. The van der Waals surface area contributed by atoms with Gasteiger partial charge in [-0.1, -0.05) is 121 Å². The van der Waals surface area contributed by atoms with Crippen LogP contribution in [-0.4, -0.2) is 60.3 Å². The van der Waals surface area contributed by atoms with Gasteiger partial charge in [0.25, 0.3) is 5.91 Å². The first kappa shape index (κ1) is 45.2. The second-order valence-corrected chi connectivity index (χ2v) is 14.1. The van der Waals surface area contributed by atoms with E-state index in [1.165, 1.54) is 19.1 Å². The van der Waals surface area contributed by atoms with Crippen LogP contribution in [0.1, 0.15) is 65.7 Å². The highest BCUT2D eigenvalue weighted by Gasteiger charge is 2.31. The Kier molecular flexibility index (Phi) is 18.0. The molecule has 0 spiro atoms. The number of amides is 3. The molecule has 13 nitrogen and oxygen atoms in total. The monoisotopic (exact) mass is 831 g/mol. The van der Waals surface area contributed by atoms with E-state index < -0.39 is 42.1 Å². The minimum absolute atomic E-state index is 0.0350. The number of aliphatic hydroxyl groups excluding tert-OH is 1. The Hall–Kier alpha value is -6.86. The average Bonchev–Trinajstić information content (AvgIpc) is 3.28. The molecule has 0 aliphatic carbocycles. The van der Waals surface area contributed by atoms with Gasteiger partial charge in [0.2, 0.25) is 11.7 Å². The van der Waals surface area contributed by atoms with Crippen molar-refractivity contribution in [3.63, 3.8) is 0 Å². The van der Waals surface area contributed by atoms with Crippen molar-refractivity contribution < 1.29 is 48.0 Å². The first-order chi connectivity index (χ1) is 29.7. The maximum atomic E-state index is 14.3. The molecule has 0 fully saturated rings. The number of nitrogens with one attached hydrogen (secondary N) is 3. The van der Waals surface area contributed by atoms with Gasteiger partial charge in [-0.25, -0.2) is 9.59 Å². The molecular weight excluding hydrogens is 779 g/mol. The van der Waals surface area contributed by atoms with Gasteiger partial charge >= 0.3 is 12.1 Å². The fourth-order valence-corrected chi connectivity index (χ4v) is 6.08. The summed E-state index contributed by atoms with van der Waals surface area (Å²) in [5.74, 6) is -1.43. The van der Waals surface area contributed by atoms with E-state index in [1.807, 2.05) is 121 Å². The zero-order chi connectivity index (χ0) is 43.2.